The van der Waals surface area contributed by atoms with E-state index in [4.69, 9.17) is 4.74 Å². The molecule has 0 heterocycles. The number of hydrogen-bond donors (Lipinski definition) is 3. The number of rotatable bonds is 7. The number of likely N-dealkylation sites (N-methyl/N-ethyl adjacent to an activating group) is 1. The molecule has 0 fully saturated rings. The Hall–Kier alpha value is 0.390. The summed E-state index contributed by atoms with van der Waals surface area (Å²) in [5, 5.41) is 22.2. The second-order valence-corrected chi connectivity index (χ2v) is 10.0. The van der Waals surface area contributed by atoms with E-state index >= 15 is 0 Å². The number of nitrogens with one attached hydrogen (secondary N) is 1. The average Bonchev–Trinajstić information content (AvgIpc) is 2.55. The standard InChI is InChI=1S/C17H15I4NO4/c1-2-22-14(17(24)25)5-8-3-12(20)16(13(21)4-8)26-9-6-10(18)15(23)11(19)7-9/h3-4,6-7,14,22-23H,2,5H2,1H3,(H,24,25)/t14-/m0/s1. The number of benzene rings is 2. The summed E-state index contributed by atoms with van der Waals surface area (Å²) >= 11 is 8.53. The first-order chi connectivity index (χ1) is 12.2. The monoisotopic (exact) mass is 805 g/mol. The molecule has 0 aromatic heterocycles. The molecule has 0 unspecified atom stereocenters. The molecule has 2 aromatic rings. The van der Waals surface area contributed by atoms with Crippen LogP contribution >= 0.6 is 90.4 Å². The number of phenols is 1. The van der Waals surface area contributed by atoms with Gasteiger partial charge in [-0.2, -0.15) is 0 Å². The fourth-order valence-electron chi connectivity index (χ4n) is 2.28. The van der Waals surface area contributed by atoms with Gasteiger partial charge in [0.1, 0.15) is 17.5 Å². The van der Waals surface area contributed by atoms with Crippen molar-refractivity contribution in [2.24, 2.45) is 0 Å². The first-order valence-corrected chi connectivity index (χ1v) is 11.8. The van der Waals surface area contributed by atoms with Crippen LogP contribution in [0.2, 0.25) is 0 Å². The van der Waals surface area contributed by atoms with E-state index < -0.39 is 12.0 Å². The lowest BCUT2D eigenvalue weighted by Gasteiger charge is -2.16. The topological polar surface area (TPSA) is 78.8 Å². The molecular weight excluding hydrogens is 790 g/mol. The van der Waals surface area contributed by atoms with Crippen molar-refractivity contribution in [1.29, 1.82) is 0 Å². The van der Waals surface area contributed by atoms with Crippen molar-refractivity contribution in [2.75, 3.05) is 6.54 Å². The molecule has 0 saturated heterocycles. The zero-order valence-electron chi connectivity index (χ0n) is 13.5. The van der Waals surface area contributed by atoms with E-state index in [0.717, 1.165) is 25.6 Å². The lowest BCUT2D eigenvalue weighted by atomic mass is 10.1. The summed E-state index contributed by atoms with van der Waals surface area (Å²) in [5.74, 6) is 0.769. The van der Waals surface area contributed by atoms with Gasteiger partial charge in [0, 0.05) is 0 Å². The van der Waals surface area contributed by atoms with E-state index in [9.17, 15) is 15.0 Å². The van der Waals surface area contributed by atoms with Crippen molar-refractivity contribution >= 4 is 96.3 Å². The van der Waals surface area contributed by atoms with Gasteiger partial charge in [-0.1, -0.05) is 6.92 Å². The van der Waals surface area contributed by atoms with Gasteiger partial charge in [0.05, 0.1) is 14.3 Å². The third-order valence-electron chi connectivity index (χ3n) is 3.46. The highest BCUT2D eigenvalue weighted by Gasteiger charge is 2.19. The molecule has 2 rings (SSSR count). The SMILES string of the molecule is CCN[C@@H](Cc1cc(I)c(Oc2cc(I)c(O)c(I)c2)c(I)c1)C(=O)O. The van der Waals surface area contributed by atoms with Crippen molar-refractivity contribution in [3.05, 3.63) is 44.1 Å². The predicted octanol–water partition coefficient (Wildman–Crippen LogP) is 5.21. The molecular formula is C17H15I4NO4. The maximum atomic E-state index is 11.4. The number of halogens is 4. The van der Waals surface area contributed by atoms with Crippen LogP contribution in [0.1, 0.15) is 12.5 Å². The van der Waals surface area contributed by atoms with Crippen molar-refractivity contribution in [2.45, 2.75) is 19.4 Å². The van der Waals surface area contributed by atoms with Gasteiger partial charge in [-0.15, -0.1) is 0 Å². The number of carbonyl (C=O) groups is 1. The van der Waals surface area contributed by atoms with Crippen LogP contribution in [0.5, 0.6) is 17.2 Å². The average molecular weight is 805 g/mol. The smallest absolute Gasteiger partial charge is 0.321 e. The fourth-order valence-corrected chi connectivity index (χ4v) is 6.10. The van der Waals surface area contributed by atoms with Crippen LogP contribution in [0, 0.1) is 14.3 Å². The predicted molar refractivity (Wildman–Crippen MR) is 134 cm³/mol. The van der Waals surface area contributed by atoms with E-state index in [1.54, 1.807) is 12.1 Å². The third kappa shape index (κ3) is 5.94. The van der Waals surface area contributed by atoms with Crippen LogP contribution in [-0.2, 0) is 11.2 Å². The summed E-state index contributed by atoms with van der Waals surface area (Å²) in [6, 6.07) is 6.84. The normalized spacial score (nSPS) is 12.0. The Morgan fingerprint density at radius 1 is 1.08 bits per heavy atom. The van der Waals surface area contributed by atoms with Gasteiger partial charge in [0.2, 0.25) is 0 Å². The van der Waals surface area contributed by atoms with Crippen molar-refractivity contribution in [3.8, 4) is 17.2 Å². The zero-order chi connectivity index (χ0) is 19.4. The van der Waals surface area contributed by atoms with E-state index in [0.29, 0.717) is 18.7 Å². The Morgan fingerprint density at radius 3 is 2.08 bits per heavy atom. The number of carboxylic acids is 1. The molecule has 0 aliphatic rings. The molecule has 5 nitrogen and oxygen atoms in total. The second-order valence-electron chi connectivity index (χ2n) is 5.38. The fraction of sp³-hybridized carbons (Fsp3) is 0.235. The van der Waals surface area contributed by atoms with Crippen LogP contribution in [0.4, 0.5) is 0 Å². The first-order valence-electron chi connectivity index (χ1n) is 7.52. The minimum Gasteiger partial charge on any atom is -0.506 e. The van der Waals surface area contributed by atoms with Crippen molar-refractivity contribution < 1.29 is 19.7 Å². The summed E-state index contributed by atoms with van der Waals surface area (Å²) in [6.07, 6.45) is 0.407. The molecule has 26 heavy (non-hydrogen) atoms. The number of carboxylic acid groups (broad SMARTS) is 1. The summed E-state index contributed by atoms with van der Waals surface area (Å²) in [6.45, 7) is 2.49. The molecule has 0 aliphatic heterocycles. The molecule has 0 aliphatic carbocycles. The summed E-state index contributed by atoms with van der Waals surface area (Å²) in [7, 11) is 0. The van der Waals surface area contributed by atoms with Crippen LogP contribution in [0.3, 0.4) is 0 Å². The number of phenolic OH excluding ortho intramolecular Hbond substituents is 1. The quantitative estimate of drug-likeness (QED) is 0.336. The van der Waals surface area contributed by atoms with E-state index in [-0.39, 0.29) is 5.75 Å². The number of aliphatic carboxylic acids is 1. The Labute approximate surface area is 206 Å². The molecule has 0 radical (unpaired) electrons. The molecule has 0 spiro atoms. The van der Waals surface area contributed by atoms with Crippen molar-refractivity contribution in [1.82, 2.24) is 5.32 Å². The molecule has 1 atom stereocenters. The largest absolute Gasteiger partial charge is 0.506 e. The van der Waals surface area contributed by atoms with Crippen LogP contribution < -0.4 is 10.1 Å². The molecule has 0 amide bonds. The summed E-state index contributed by atoms with van der Waals surface area (Å²) in [4.78, 5) is 11.4. The minimum absolute atomic E-state index is 0.251. The zero-order valence-corrected chi connectivity index (χ0v) is 22.2. The lowest BCUT2D eigenvalue weighted by Crippen LogP contribution is -2.38. The van der Waals surface area contributed by atoms with Gasteiger partial charge in [0.15, 0.2) is 5.75 Å². The molecule has 0 bridgehead atoms. The van der Waals surface area contributed by atoms with Gasteiger partial charge < -0.3 is 20.3 Å². The Kier molecular flexibility index (Phi) is 8.94. The molecule has 9 heteroatoms. The number of ether oxygens (including phenoxy) is 1. The van der Waals surface area contributed by atoms with Crippen LogP contribution in [0.25, 0.3) is 0 Å². The summed E-state index contributed by atoms with van der Waals surface area (Å²) in [5.41, 5.74) is 0.939. The van der Waals surface area contributed by atoms with E-state index in [2.05, 4.69) is 95.7 Å². The Balaban J connectivity index is 2.28. The highest BCUT2D eigenvalue weighted by molar-refractivity contribution is 14.1. The van der Waals surface area contributed by atoms with Gasteiger partial charge in [-0.25, -0.2) is 0 Å². The maximum absolute atomic E-state index is 11.4. The highest BCUT2D eigenvalue weighted by atomic mass is 127. The first kappa shape index (κ1) is 22.7. The van der Waals surface area contributed by atoms with Crippen LogP contribution in [0.15, 0.2) is 24.3 Å². The minimum atomic E-state index is -0.856. The van der Waals surface area contributed by atoms with Gasteiger partial charge in [-0.3, -0.25) is 4.79 Å². The van der Waals surface area contributed by atoms with Crippen LogP contribution in [-0.4, -0.2) is 28.8 Å². The summed E-state index contributed by atoms with van der Waals surface area (Å²) < 4.78 is 9.30. The lowest BCUT2D eigenvalue weighted by molar-refractivity contribution is -0.139. The molecule has 2 aromatic carbocycles. The molecule has 0 saturated carbocycles. The van der Waals surface area contributed by atoms with Gasteiger partial charge in [-0.05, 0) is 133 Å². The Morgan fingerprint density at radius 2 is 1.62 bits per heavy atom. The van der Waals surface area contributed by atoms with Gasteiger partial charge in [0.25, 0.3) is 0 Å². The van der Waals surface area contributed by atoms with E-state index in [1.807, 2.05) is 19.1 Å². The Bertz CT molecular complexity index is 782. The number of hydrogen-bond acceptors (Lipinski definition) is 4. The third-order valence-corrected chi connectivity index (χ3v) is 6.70. The van der Waals surface area contributed by atoms with E-state index in [1.165, 1.54) is 0 Å². The highest BCUT2D eigenvalue weighted by Crippen LogP contribution is 2.36. The maximum Gasteiger partial charge on any atom is 0.321 e. The second kappa shape index (κ2) is 10.2. The van der Waals surface area contributed by atoms with Gasteiger partial charge >= 0.3 is 5.97 Å². The molecule has 140 valence electrons. The van der Waals surface area contributed by atoms with Crippen molar-refractivity contribution in [3.63, 3.8) is 0 Å². The molecule has 3 N–H and O–H groups in total. The number of aromatic hydroxyl groups is 1.